The van der Waals surface area contributed by atoms with Gasteiger partial charge in [-0.1, -0.05) is 24.3 Å². The number of likely N-dealkylation sites (tertiary alicyclic amines) is 1. The van der Waals surface area contributed by atoms with Gasteiger partial charge in [-0.25, -0.2) is 14.0 Å². The van der Waals surface area contributed by atoms with Gasteiger partial charge in [-0.05, 0) is 29.8 Å². The molecule has 0 spiro atoms. The van der Waals surface area contributed by atoms with Crippen molar-refractivity contribution in [3.63, 3.8) is 0 Å². The third kappa shape index (κ3) is 3.20. The number of fused-ring (bicyclic) bond motifs is 1. The topological polar surface area (TPSA) is 95.9 Å². The summed E-state index contributed by atoms with van der Waals surface area (Å²) in [7, 11) is 0. The van der Waals surface area contributed by atoms with Crippen LogP contribution in [-0.2, 0) is 4.74 Å². The maximum atomic E-state index is 14.2. The van der Waals surface area contributed by atoms with Crippen LogP contribution >= 0.6 is 0 Å². The van der Waals surface area contributed by atoms with Crippen molar-refractivity contribution in [2.24, 2.45) is 0 Å². The SMILES string of the molecule is O=C(O)NC1CN(C(=O)c2cc(C=C3OC(=O)c4ccccc43)ccc2F)C1. The summed E-state index contributed by atoms with van der Waals surface area (Å²) < 4.78 is 19.5. The molecule has 0 aromatic heterocycles. The summed E-state index contributed by atoms with van der Waals surface area (Å²) >= 11 is 0. The van der Waals surface area contributed by atoms with Gasteiger partial charge in [0.15, 0.2) is 0 Å². The minimum Gasteiger partial charge on any atom is -0.465 e. The number of rotatable bonds is 3. The number of amides is 2. The molecule has 2 heterocycles. The maximum absolute atomic E-state index is 14.2. The van der Waals surface area contributed by atoms with Crippen LogP contribution in [0.3, 0.4) is 0 Å². The van der Waals surface area contributed by atoms with Crippen LogP contribution in [0.25, 0.3) is 11.8 Å². The summed E-state index contributed by atoms with van der Waals surface area (Å²) in [6.45, 7) is 0.363. The first-order valence-electron chi connectivity index (χ1n) is 8.54. The Bertz CT molecular complexity index is 1030. The van der Waals surface area contributed by atoms with Gasteiger partial charge < -0.3 is 20.1 Å². The quantitative estimate of drug-likeness (QED) is 0.796. The Hall–Kier alpha value is -3.68. The lowest BCUT2D eigenvalue weighted by molar-refractivity contribution is 0.0559. The molecule has 2 N–H and O–H groups in total. The number of hydrogen-bond donors (Lipinski definition) is 2. The number of hydrogen-bond acceptors (Lipinski definition) is 4. The fourth-order valence-electron chi connectivity index (χ4n) is 3.22. The molecular weight excluding hydrogens is 367 g/mol. The van der Waals surface area contributed by atoms with Gasteiger partial charge in [0.05, 0.1) is 17.2 Å². The summed E-state index contributed by atoms with van der Waals surface area (Å²) in [5.74, 6) is -1.33. The lowest BCUT2D eigenvalue weighted by atomic mass is 10.0. The Balaban J connectivity index is 1.56. The molecular formula is C20H15FN2O5. The molecule has 28 heavy (non-hydrogen) atoms. The van der Waals surface area contributed by atoms with Gasteiger partial charge in [0.2, 0.25) is 0 Å². The largest absolute Gasteiger partial charge is 0.465 e. The highest BCUT2D eigenvalue weighted by atomic mass is 19.1. The van der Waals surface area contributed by atoms with E-state index in [2.05, 4.69) is 5.32 Å². The molecule has 0 saturated carbocycles. The first-order chi connectivity index (χ1) is 13.4. The molecule has 2 aliphatic heterocycles. The van der Waals surface area contributed by atoms with Crippen LogP contribution in [0.2, 0.25) is 0 Å². The number of carbonyl (C=O) groups excluding carboxylic acids is 2. The fourth-order valence-corrected chi connectivity index (χ4v) is 3.22. The third-order valence-electron chi connectivity index (χ3n) is 4.63. The summed E-state index contributed by atoms with van der Waals surface area (Å²) in [6, 6.07) is 10.6. The number of nitrogens with one attached hydrogen (secondary N) is 1. The molecule has 0 aliphatic carbocycles. The van der Waals surface area contributed by atoms with Crippen LogP contribution in [0, 0.1) is 5.82 Å². The van der Waals surface area contributed by atoms with Gasteiger partial charge in [0, 0.05) is 18.7 Å². The highest BCUT2D eigenvalue weighted by Gasteiger charge is 2.33. The minimum absolute atomic E-state index is 0.124. The average molecular weight is 382 g/mol. The van der Waals surface area contributed by atoms with Crippen LogP contribution in [0.5, 0.6) is 0 Å². The van der Waals surface area contributed by atoms with E-state index in [0.29, 0.717) is 22.4 Å². The number of cyclic esters (lactones) is 1. The molecule has 0 unspecified atom stereocenters. The molecule has 2 amide bonds. The summed E-state index contributed by atoms with van der Waals surface area (Å²) in [5, 5.41) is 11.0. The Morgan fingerprint density at radius 1 is 1.18 bits per heavy atom. The van der Waals surface area contributed by atoms with E-state index in [1.807, 2.05) is 0 Å². The lowest BCUT2D eigenvalue weighted by Crippen LogP contribution is -2.60. The minimum atomic E-state index is -1.16. The van der Waals surface area contributed by atoms with Crippen LogP contribution in [0.1, 0.15) is 31.8 Å². The number of benzene rings is 2. The Morgan fingerprint density at radius 3 is 2.61 bits per heavy atom. The molecule has 2 aromatic rings. The van der Waals surface area contributed by atoms with Crippen molar-refractivity contribution in [1.82, 2.24) is 10.2 Å². The first-order valence-corrected chi connectivity index (χ1v) is 8.54. The Kier molecular flexibility index (Phi) is 4.31. The third-order valence-corrected chi connectivity index (χ3v) is 4.63. The predicted octanol–water partition coefficient (Wildman–Crippen LogP) is 2.59. The zero-order chi connectivity index (χ0) is 19.8. The fraction of sp³-hybridized carbons (Fsp3) is 0.150. The number of carboxylic acid groups (broad SMARTS) is 1. The molecule has 2 aromatic carbocycles. The second kappa shape index (κ2) is 6.80. The second-order valence-corrected chi connectivity index (χ2v) is 6.54. The van der Waals surface area contributed by atoms with Crippen molar-refractivity contribution >= 4 is 29.8 Å². The van der Waals surface area contributed by atoms with E-state index < -0.39 is 23.8 Å². The van der Waals surface area contributed by atoms with Crippen LogP contribution < -0.4 is 5.32 Å². The predicted molar refractivity (Wildman–Crippen MR) is 97.0 cm³/mol. The van der Waals surface area contributed by atoms with Crippen molar-refractivity contribution < 1.29 is 28.6 Å². The van der Waals surface area contributed by atoms with Gasteiger partial charge in [0.25, 0.3) is 5.91 Å². The van der Waals surface area contributed by atoms with Crippen LogP contribution in [0.15, 0.2) is 42.5 Å². The van der Waals surface area contributed by atoms with Gasteiger partial charge in [0.1, 0.15) is 11.6 Å². The summed E-state index contributed by atoms with van der Waals surface area (Å²) in [4.78, 5) is 36.4. The van der Waals surface area contributed by atoms with Crippen molar-refractivity contribution in [2.45, 2.75) is 6.04 Å². The highest BCUT2D eigenvalue weighted by molar-refractivity contribution is 6.06. The number of carbonyl (C=O) groups is 3. The van der Waals surface area contributed by atoms with Crippen LogP contribution in [-0.4, -0.2) is 47.1 Å². The normalized spacial score (nSPS) is 17.1. The molecule has 4 rings (SSSR count). The molecule has 142 valence electrons. The van der Waals surface area contributed by atoms with Crippen molar-refractivity contribution in [2.75, 3.05) is 13.1 Å². The second-order valence-electron chi connectivity index (χ2n) is 6.54. The van der Waals surface area contributed by atoms with Crippen LogP contribution in [0.4, 0.5) is 9.18 Å². The van der Waals surface area contributed by atoms with Crippen molar-refractivity contribution in [1.29, 1.82) is 0 Å². The van der Waals surface area contributed by atoms with E-state index in [-0.39, 0.29) is 24.7 Å². The van der Waals surface area contributed by atoms with Gasteiger partial charge in [-0.3, -0.25) is 4.79 Å². The Labute approximate surface area is 159 Å². The van der Waals surface area contributed by atoms with Crippen molar-refractivity contribution in [3.05, 3.63) is 70.5 Å². The summed E-state index contributed by atoms with van der Waals surface area (Å²) in [5.41, 5.74) is 1.46. The smallest absolute Gasteiger partial charge is 0.405 e. The zero-order valence-electron chi connectivity index (χ0n) is 14.5. The van der Waals surface area contributed by atoms with E-state index in [4.69, 9.17) is 9.84 Å². The Morgan fingerprint density at radius 2 is 1.89 bits per heavy atom. The van der Waals surface area contributed by atoms with Crippen molar-refractivity contribution in [3.8, 4) is 0 Å². The average Bonchev–Trinajstić information content (AvgIpc) is 2.95. The van der Waals surface area contributed by atoms with E-state index in [9.17, 15) is 18.8 Å². The molecule has 1 saturated heterocycles. The number of ether oxygens (including phenoxy) is 1. The standard InChI is InChI=1S/C20H15FN2O5/c21-16-6-5-11(8-17-13-3-1-2-4-14(13)19(25)28-17)7-15(16)18(24)23-9-12(10-23)22-20(26)27/h1-8,12,22H,9-10H2,(H,26,27). The molecule has 0 radical (unpaired) electrons. The first kappa shape index (κ1) is 17.7. The number of esters is 1. The number of nitrogens with zero attached hydrogens (tertiary/aromatic N) is 1. The summed E-state index contributed by atoms with van der Waals surface area (Å²) in [6.07, 6.45) is 0.411. The van der Waals surface area contributed by atoms with E-state index in [1.54, 1.807) is 30.3 Å². The van der Waals surface area contributed by atoms with E-state index in [1.165, 1.54) is 23.1 Å². The monoisotopic (exact) mass is 382 g/mol. The van der Waals surface area contributed by atoms with Gasteiger partial charge in [-0.2, -0.15) is 0 Å². The molecule has 0 atom stereocenters. The molecule has 1 fully saturated rings. The molecule has 7 nitrogen and oxygen atoms in total. The lowest BCUT2D eigenvalue weighted by Gasteiger charge is -2.38. The number of halogens is 1. The highest BCUT2D eigenvalue weighted by Crippen LogP contribution is 2.31. The van der Waals surface area contributed by atoms with E-state index >= 15 is 0 Å². The molecule has 2 aliphatic rings. The maximum Gasteiger partial charge on any atom is 0.405 e. The molecule has 8 heteroatoms. The van der Waals surface area contributed by atoms with E-state index in [0.717, 1.165) is 0 Å². The molecule has 0 bridgehead atoms. The van der Waals surface area contributed by atoms with Gasteiger partial charge >= 0.3 is 12.1 Å². The van der Waals surface area contributed by atoms with Gasteiger partial charge in [-0.15, -0.1) is 0 Å². The zero-order valence-corrected chi connectivity index (χ0v) is 14.5.